The number of aromatic nitrogens is 2. The molecule has 31 heavy (non-hydrogen) atoms. The van der Waals surface area contributed by atoms with Crippen LogP contribution in [0.4, 0.5) is 10.5 Å². The van der Waals surface area contributed by atoms with E-state index in [0.29, 0.717) is 10.7 Å². The Morgan fingerprint density at radius 3 is 2.10 bits per heavy atom. The number of benzene rings is 1. The van der Waals surface area contributed by atoms with Gasteiger partial charge in [-0.05, 0) is 41.2 Å². The maximum absolute atomic E-state index is 12.6. The van der Waals surface area contributed by atoms with Gasteiger partial charge in [-0.1, -0.05) is 39.3 Å². The molecule has 2 aromatic rings. The number of sulfonamides is 1. The molecule has 3 amide bonds. The Labute approximate surface area is 187 Å². The second-order valence-corrected chi connectivity index (χ2v) is 9.76. The summed E-state index contributed by atoms with van der Waals surface area (Å²) in [6.45, 7) is 7.76. The number of urea groups is 1. The fraction of sp³-hybridized carbons (Fsp3) is 0.400. The van der Waals surface area contributed by atoms with Crippen molar-refractivity contribution >= 4 is 39.2 Å². The van der Waals surface area contributed by atoms with Crippen molar-refractivity contribution in [2.75, 3.05) is 19.4 Å². The fourth-order valence-corrected chi connectivity index (χ4v) is 3.87. The van der Waals surface area contributed by atoms with Crippen LogP contribution in [0.25, 0.3) is 0 Å². The minimum absolute atomic E-state index is 0.0279. The van der Waals surface area contributed by atoms with Crippen molar-refractivity contribution in [1.29, 1.82) is 0 Å². The molecule has 0 aliphatic carbocycles. The van der Waals surface area contributed by atoms with E-state index >= 15 is 0 Å². The molecule has 0 bridgehead atoms. The molecule has 1 heterocycles. The molecule has 0 aliphatic heterocycles. The molecule has 11 heteroatoms. The minimum atomic E-state index is -4.42. The van der Waals surface area contributed by atoms with Gasteiger partial charge in [-0.25, -0.2) is 19.5 Å². The number of anilines is 1. The summed E-state index contributed by atoms with van der Waals surface area (Å²) in [5.41, 5.74) is 1.94. The first-order valence-corrected chi connectivity index (χ1v) is 11.4. The molecular formula is C20H26ClN5O4S. The van der Waals surface area contributed by atoms with Crippen molar-refractivity contribution in [3.63, 3.8) is 0 Å². The van der Waals surface area contributed by atoms with E-state index in [4.69, 9.17) is 11.6 Å². The first kappa shape index (κ1) is 24.5. The van der Waals surface area contributed by atoms with E-state index in [-0.39, 0.29) is 17.5 Å². The van der Waals surface area contributed by atoms with E-state index in [2.05, 4.69) is 15.3 Å². The molecular weight excluding hydrogens is 442 g/mol. The number of hydrogen-bond donors (Lipinski definition) is 2. The van der Waals surface area contributed by atoms with Crippen LogP contribution >= 0.6 is 11.6 Å². The summed E-state index contributed by atoms with van der Waals surface area (Å²) in [6.07, 6.45) is 1.14. The maximum atomic E-state index is 12.6. The largest absolute Gasteiger partial charge is 0.343 e. The van der Waals surface area contributed by atoms with E-state index in [9.17, 15) is 18.0 Å². The number of nitrogens with zero attached hydrogens (tertiary/aromatic N) is 3. The molecule has 0 fully saturated rings. The van der Waals surface area contributed by atoms with Gasteiger partial charge in [0, 0.05) is 31.0 Å². The fourth-order valence-electron chi connectivity index (χ4n) is 2.83. The number of nitrogens with one attached hydrogen (secondary N) is 2. The lowest BCUT2D eigenvalue weighted by Crippen LogP contribution is -2.36. The van der Waals surface area contributed by atoms with Crippen LogP contribution in [0.5, 0.6) is 0 Å². The summed E-state index contributed by atoms with van der Waals surface area (Å²) >= 11 is 6.22. The number of rotatable bonds is 6. The van der Waals surface area contributed by atoms with Crippen molar-refractivity contribution in [2.45, 2.75) is 44.7 Å². The van der Waals surface area contributed by atoms with Gasteiger partial charge < -0.3 is 10.2 Å². The molecule has 0 atom stereocenters. The average molecular weight is 468 g/mol. The van der Waals surface area contributed by atoms with Crippen LogP contribution in [-0.4, -0.2) is 49.3 Å². The molecule has 0 saturated heterocycles. The molecule has 0 spiro atoms. The third-order valence-electron chi connectivity index (χ3n) is 4.37. The molecule has 2 rings (SSSR count). The van der Waals surface area contributed by atoms with Gasteiger partial charge in [0.1, 0.15) is 5.69 Å². The zero-order valence-corrected chi connectivity index (χ0v) is 19.8. The van der Waals surface area contributed by atoms with Crippen molar-refractivity contribution in [3.8, 4) is 0 Å². The van der Waals surface area contributed by atoms with Gasteiger partial charge in [0.05, 0.1) is 0 Å². The normalized spacial score (nSPS) is 11.5. The standard InChI is InChI=1S/C20H26ClN5O4S/c1-11(2)14-9-13(21)10-15(12(3)4)17(14)24-19(28)25-31(29,30)20-22-8-7-16(23-20)18(27)26(5)6/h7-12H,1-6H3,(H2,24,25,28). The lowest BCUT2D eigenvalue weighted by molar-refractivity contribution is 0.0821. The molecule has 0 radical (unpaired) electrons. The van der Waals surface area contributed by atoms with Crippen molar-refractivity contribution < 1.29 is 18.0 Å². The Morgan fingerprint density at radius 2 is 1.61 bits per heavy atom. The van der Waals surface area contributed by atoms with E-state index in [1.54, 1.807) is 12.1 Å². The van der Waals surface area contributed by atoms with Gasteiger partial charge in [-0.2, -0.15) is 8.42 Å². The zero-order chi connectivity index (χ0) is 23.5. The smallest absolute Gasteiger partial charge is 0.333 e. The number of hydrogen-bond acceptors (Lipinski definition) is 6. The first-order chi connectivity index (χ1) is 14.3. The van der Waals surface area contributed by atoms with Crippen LogP contribution in [-0.2, 0) is 10.0 Å². The Hall–Kier alpha value is -2.72. The highest BCUT2D eigenvalue weighted by molar-refractivity contribution is 7.89. The summed E-state index contributed by atoms with van der Waals surface area (Å²) in [5.74, 6) is -0.437. The summed E-state index contributed by atoms with van der Waals surface area (Å²) in [5, 5.41) is 2.48. The summed E-state index contributed by atoms with van der Waals surface area (Å²) in [6, 6.07) is 3.79. The van der Waals surface area contributed by atoms with Crippen LogP contribution in [0.15, 0.2) is 29.6 Å². The Kier molecular flexibility index (Phi) is 7.61. The highest BCUT2D eigenvalue weighted by Gasteiger charge is 2.25. The van der Waals surface area contributed by atoms with E-state index in [1.807, 2.05) is 32.4 Å². The second kappa shape index (κ2) is 9.61. The third kappa shape index (κ3) is 5.92. The van der Waals surface area contributed by atoms with Crippen molar-refractivity contribution in [1.82, 2.24) is 19.6 Å². The number of halogens is 1. The van der Waals surface area contributed by atoms with E-state index < -0.39 is 27.1 Å². The quantitative estimate of drug-likeness (QED) is 0.626. The number of carbonyl (C=O) groups excluding carboxylic acids is 2. The first-order valence-electron chi connectivity index (χ1n) is 9.55. The van der Waals surface area contributed by atoms with Crippen LogP contribution in [0.2, 0.25) is 5.02 Å². The molecule has 9 nitrogen and oxygen atoms in total. The summed E-state index contributed by atoms with van der Waals surface area (Å²) < 4.78 is 27.2. The highest BCUT2D eigenvalue weighted by atomic mass is 35.5. The predicted molar refractivity (Wildman–Crippen MR) is 119 cm³/mol. The second-order valence-electron chi connectivity index (χ2n) is 7.75. The highest BCUT2D eigenvalue weighted by Crippen LogP contribution is 2.35. The lowest BCUT2D eigenvalue weighted by atomic mass is 9.92. The van der Waals surface area contributed by atoms with Gasteiger partial charge in [0.25, 0.3) is 11.1 Å². The lowest BCUT2D eigenvalue weighted by Gasteiger charge is -2.21. The van der Waals surface area contributed by atoms with Gasteiger partial charge in [0.2, 0.25) is 0 Å². The van der Waals surface area contributed by atoms with Crippen LogP contribution in [0.3, 0.4) is 0 Å². The average Bonchev–Trinajstić information content (AvgIpc) is 2.67. The summed E-state index contributed by atoms with van der Waals surface area (Å²) in [7, 11) is -1.40. The van der Waals surface area contributed by atoms with Gasteiger partial charge >= 0.3 is 16.1 Å². The van der Waals surface area contributed by atoms with Crippen molar-refractivity contribution in [3.05, 3.63) is 46.2 Å². The molecule has 0 saturated carbocycles. The van der Waals surface area contributed by atoms with Gasteiger partial charge in [0.15, 0.2) is 0 Å². The maximum Gasteiger partial charge on any atom is 0.333 e. The number of amides is 3. The molecule has 0 aliphatic rings. The zero-order valence-electron chi connectivity index (χ0n) is 18.2. The molecule has 0 unspecified atom stereocenters. The Balaban J connectivity index is 2.35. The molecule has 1 aromatic carbocycles. The number of carbonyl (C=O) groups is 2. The Morgan fingerprint density at radius 1 is 1.06 bits per heavy atom. The van der Waals surface area contributed by atoms with Crippen LogP contribution < -0.4 is 10.0 Å². The SMILES string of the molecule is CC(C)c1cc(Cl)cc(C(C)C)c1NC(=O)NS(=O)(=O)c1nccc(C(=O)N(C)C)n1. The van der Waals surface area contributed by atoms with E-state index in [1.165, 1.54) is 25.1 Å². The molecule has 1 aromatic heterocycles. The van der Waals surface area contributed by atoms with Gasteiger partial charge in [-0.15, -0.1) is 0 Å². The molecule has 168 valence electrons. The summed E-state index contributed by atoms with van der Waals surface area (Å²) in [4.78, 5) is 33.4. The Bertz CT molecular complexity index is 1070. The minimum Gasteiger partial charge on any atom is -0.343 e. The molecule has 2 N–H and O–H groups in total. The third-order valence-corrected chi connectivity index (χ3v) is 5.72. The van der Waals surface area contributed by atoms with Crippen LogP contribution in [0.1, 0.15) is 61.1 Å². The monoisotopic (exact) mass is 467 g/mol. The van der Waals surface area contributed by atoms with Crippen LogP contribution in [0, 0.1) is 0 Å². The predicted octanol–water partition coefficient (Wildman–Crippen LogP) is 3.59. The van der Waals surface area contributed by atoms with Crippen molar-refractivity contribution in [2.24, 2.45) is 0 Å². The van der Waals surface area contributed by atoms with Gasteiger partial charge in [-0.3, -0.25) is 4.79 Å². The topological polar surface area (TPSA) is 121 Å². The van der Waals surface area contributed by atoms with E-state index in [0.717, 1.165) is 17.3 Å².